The number of hydrogen-bond donors (Lipinski definition) is 3. The normalized spacial score (nSPS) is 20.6. The van der Waals surface area contributed by atoms with E-state index >= 15 is 0 Å². The summed E-state index contributed by atoms with van der Waals surface area (Å²) in [5.74, 6) is 0.713. The summed E-state index contributed by atoms with van der Waals surface area (Å²) in [7, 11) is 1.63. The van der Waals surface area contributed by atoms with Gasteiger partial charge in [-0.05, 0) is 43.5 Å². The van der Waals surface area contributed by atoms with Gasteiger partial charge in [-0.15, -0.1) is 0 Å². The van der Waals surface area contributed by atoms with Crippen LogP contribution in [0.4, 0.5) is 0 Å². The molecule has 2 aromatic rings. The molecule has 3 N–H and O–H groups in total. The Hall–Kier alpha value is -2.34. The standard InChI is InChI=1S/C18H23N3O3/c1-24-16-7-5-12(6-8-16)17-14(11-20-21-17)10-19-18(23)13-3-2-4-15(22)9-13/h5-8,11,13,15,22H,2-4,9-10H2,1H3,(H,19,23)(H,20,21)/t13-,15+/m0/s1. The molecule has 0 bridgehead atoms. The van der Waals surface area contributed by atoms with Crippen molar-refractivity contribution in [2.45, 2.75) is 38.3 Å². The van der Waals surface area contributed by atoms with Crippen LogP contribution in [0, 0.1) is 5.92 Å². The summed E-state index contributed by atoms with van der Waals surface area (Å²) in [6, 6.07) is 7.69. The van der Waals surface area contributed by atoms with E-state index in [1.165, 1.54) is 0 Å². The zero-order valence-electron chi connectivity index (χ0n) is 13.8. The van der Waals surface area contributed by atoms with Crippen LogP contribution in [0.1, 0.15) is 31.2 Å². The highest BCUT2D eigenvalue weighted by atomic mass is 16.5. The second-order valence-electron chi connectivity index (χ2n) is 6.23. The molecule has 128 valence electrons. The van der Waals surface area contributed by atoms with Crippen LogP contribution < -0.4 is 10.1 Å². The molecule has 1 aliphatic rings. The summed E-state index contributed by atoms with van der Waals surface area (Å²) in [6.45, 7) is 0.420. The van der Waals surface area contributed by atoms with Crippen LogP contribution in [0.5, 0.6) is 5.75 Å². The number of rotatable bonds is 5. The maximum absolute atomic E-state index is 12.3. The third-order valence-corrected chi connectivity index (χ3v) is 4.57. The Kier molecular flexibility index (Phi) is 5.15. The number of ether oxygens (including phenoxy) is 1. The Bertz CT molecular complexity index is 681. The third kappa shape index (κ3) is 3.76. The molecule has 0 saturated heterocycles. The molecule has 1 aromatic carbocycles. The van der Waals surface area contributed by atoms with Crippen molar-refractivity contribution in [3.8, 4) is 17.0 Å². The van der Waals surface area contributed by atoms with Gasteiger partial charge in [0.15, 0.2) is 0 Å². The Balaban J connectivity index is 1.64. The van der Waals surface area contributed by atoms with Gasteiger partial charge in [-0.3, -0.25) is 9.89 Å². The molecule has 3 rings (SSSR count). The molecule has 0 aliphatic heterocycles. The number of carbonyl (C=O) groups is 1. The van der Waals surface area contributed by atoms with Gasteiger partial charge in [0.25, 0.3) is 0 Å². The van der Waals surface area contributed by atoms with Crippen molar-refractivity contribution in [3.63, 3.8) is 0 Å². The fourth-order valence-electron chi connectivity index (χ4n) is 3.18. The van der Waals surface area contributed by atoms with Gasteiger partial charge in [-0.2, -0.15) is 5.10 Å². The van der Waals surface area contributed by atoms with E-state index in [4.69, 9.17) is 4.74 Å². The number of H-pyrrole nitrogens is 1. The van der Waals surface area contributed by atoms with E-state index in [9.17, 15) is 9.90 Å². The first kappa shape index (κ1) is 16.5. The van der Waals surface area contributed by atoms with Crippen molar-refractivity contribution in [2.75, 3.05) is 7.11 Å². The Morgan fingerprint density at radius 3 is 2.88 bits per heavy atom. The lowest BCUT2D eigenvalue weighted by Crippen LogP contribution is -2.34. The van der Waals surface area contributed by atoms with Crippen molar-refractivity contribution in [3.05, 3.63) is 36.0 Å². The van der Waals surface area contributed by atoms with Crippen LogP contribution in [0.3, 0.4) is 0 Å². The van der Waals surface area contributed by atoms with Gasteiger partial charge in [0, 0.05) is 23.6 Å². The zero-order valence-corrected chi connectivity index (χ0v) is 13.8. The van der Waals surface area contributed by atoms with E-state index in [0.29, 0.717) is 13.0 Å². The first-order valence-electron chi connectivity index (χ1n) is 8.30. The monoisotopic (exact) mass is 329 g/mol. The van der Waals surface area contributed by atoms with Gasteiger partial charge >= 0.3 is 0 Å². The third-order valence-electron chi connectivity index (χ3n) is 4.57. The molecule has 1 amide bonds. The van der Waals surface area contributed by atoms with Gasteiger partial charge in [0.05, 0.1) is 25.1 Å². The van der Waals surface area contributed by atoms with Crippen LogP contribution in [-0.2, 0) is 11.3 Å². The van der Waals surface area contributed by atoms with Crippen LogP contribution in [-0.4, -0.2) is 34.4 Å². The number of carbonyl (C=O) groups excluding carboxylic acids is 1. The molecule has 1 saturated carbocycles. The number of benzene rings is 1. The summed E-state index contributed by atoms with van der Waals surface area (Å²) in [5, 5.41) is 19.8. The minimum Gasteiger partial charge on any atom is -0.497 e. The van der Waals surface area contributed by atoms with Gasteiger partial charge in [0.1, 0.15) is 5.75 Å². The predicted octanol–water partition coefficient (Wildman–Crippen LogP) is 2.25. The van der Waals surface area contributed by atoms with Crippen molar-refractivity contribution in [2.24, 2.45) is 5.92 Å². The Morgan fingerprint density at radius 1 is 1.38 bits per heavy atom. The van der Waals surface area contributed by atoms with Gasteiger partial charge in [-0.25, -0.2) is 0 Å². The number of aromatic amines is 1. The van der Waals surface area contributed by atoms with E-state index in [0.717, 1.165) is 41.8 Å². The number of aliphatic hydroxyl groups is 1. The van der Waals surface area contributed by atoms with Crippen molar-refractivity contribution >= 4 is 5.91 Å². The van der Waals surface area contributed by atoms with E-state index in [-0.39, 0.29) is 17.9 Å². The molecule has 1 aliphatic carbocycles. The maximum atomic E-state index is 12.3. The zero-order chi connectivity index (χ0) is 16.9. The van der Waals surface area contributed by atoms with Crippen LogP contribution in [0.2, 0.25) is 0 Å². The van der Waals surface area contributed by atoms with Gasteiger partial charge in [0.2, 0.25) is 5.91 Å². The molecule has 1 heterocycles. The molecule has 0 radical (unpaired) electrons. The van der Waals surface area contributed by atoms with Gasteiger partial charge < -0.3 is 15.2 Å². The summed E-state index contributed by atoms with van der Waals surface area (Å²) in [6.07, 6.45) is 4.49. The summed E-state index contributed by atoms with van der Waals surface area (Å²) in [5.41, 5.74) is 2.82. The van der Waals surface area contributed by atoms with Crippen molar-refractivity contribution in [1.29, 1.82) is 0 Å². The molecule has 0 unspecified atom stereocenters. The lowest BCUT2D eigenvalue weighted by atomic mass is 9.86. The second kappa shape index (κ2) is 7.49. The minimum absolute atomic E-state index is 0.00984. The van der Waals surface area contributed by atoms with E-state index in [2.05, 4.69) is 15.5 Å². The van der Waals surface area contributed by atoms with E-state index in [1.807, 2.05) is 24.3 Å². The van der Waals surface area contributed by atoms with E-state index < -0.39 is 0 Å². The maximum Gasteiger partial charge on any atom is 0.223 e. The predicted molar refractivity (Wildman–Crippen MR) is 90.4 cm³/mol. The second-order valence-corrected chi connectivity index (χ2v) is 6.23. The molecular formula is C18H23N3O3. The van der Waals surface area contributed by atoms with Crippen LogP contribution in [0.15, 0.2) is 30.5 Å². The average Bonchev–Trinajstić information content (AvgIpc) is 3.08. The molecule has 0 spiro atoms. The first-order valence-corrected chi connectivity index (χ1v) is 8.30. The number of nitrogens with one attached hydrogen (secondary N) is 2. The van der Waals surface area contributed by atoms with Crippen LogP contribution in [0.25, 0.3) is 11.3 Å². The minimum atomic E-state index is -0.349. The number of hydrogen-bond acceptors (Lipinski definition) is 4. The smallest absolute Gasteiger partial charge is 0.223 e. The Morgan fingerprint density at radius 2 is 2.17 bits per heavy atom. The SMILES string of the molecule is COc1ccc(-c2[nH]ncc2CNC(=O)[C@H]2CCC[C@@H](O)C2)cc1. The highest BCUT2D eigenvalue weighted by Crippen LogP contribution is 2.26. The summed E-state index contributed by atoms with van der Waals surface area (Å²) in [4.78, 5) is 12.3. The molecule has 6 heteroatoms. The van der Waals surface area contributed by atoms with Gasteiger partial charge in [-0.1, -0.05) is 6.42 Å². The average molecular weight is 329 g/mol. The number of methoxy groups -OCH3 is 1. The molecule has 6 nitrogen and oxygen atoms in total. The lowest BCUT2D eigenvalue weighted by molar-refractivity contribution is -0.127. The van der Waals surface area contributed by atoms with Crippen molar-refractivity contribution in [1.82, 2.24) is 15.5 Å². The molecule has 24 heavy (non-hydrogen) atoms. The molecule has 1 aromatic heterocycles. The molecule has 2 atom stereocenters. The molecule has 1 fully saturated rings. The summed E-state index contributed by atoms with van der Waals surface area (Å²) < 4.78 is 5.17. The highest BCUT2D eigenvalue weighted by molar-refractivity contribution is 5.79. The Labute approximate surface area is 141 Å². The lowest BCUT2D eigenvalue weighted by Gasteiger charge is -2.24. The largest absolute Gasteiger partial charge is 0.497 e. The van der Waals surface area contributed by atoms with E-state index in [1.54, 1.807) is 13.3 Å². The van der Waals surface area contributed by atoms with Crippen molar-refractivity contribution < 1.29 is 14.6 Å². The topological polar surface area (TPSA) is 87.2 Å². The summed E-state index contributed by atoms with van der Waals surface area (Å²) >= 11 is 0. The fraction of sp³-hybridized carbons (Fsp3) is 0.444. The first-order chi connectivity index (χ1) is 11.7. The quantitative estimate of drug-likeness (QED) is 0.785. The molecular weight excluding hydrogens is 306 g/mol. The van der Waals surface area contributed by atoms with Crippen LogP contribution >= 0.6 is 0 Å². The highest BCUT2D eigenvalue weighted by Gasteiger charge is 2.26. The number of amides is 1. The number of aromatic nitrogens is 2. The number of nitrogens with zero attached hydrogens (tertiary/aromatic N) is 1. The fourth-order valence-corrected chi connectivity index (χ4v) is 3.18. The number of aliphatic hydroxyl groups excluding tert-OH is 1.